The highest BCUT2D eigenvalue weighted by Crippen LogP contribution is 2.16. The molecule has 32 heavy (non-hydrogen) atoms. The maximum atomic E-state index is 12.1. The van der Waals surface area contributed by atoms with Gasteiger partial charge in [0, 0.05) is 24.1 Å². The smallest absolute Gasteiger partial charge is 0.230 e. The third-order valence-corrected chi connectivity index (χ3v) is 4.56. The molecule has 3 rings (SSSR count). The standard InChI is InChI=1S/C24H27N3O4.ClH/c28-21-8-10-23(11-9-21)31-17-22(29)16-25-14-12-18-4-6-19(7-5-18)27-24(30)15-20-3-1-2-13-26-20;/h1-11,13,22,25,28-29H,12,14-17H2,(H,27,30);1H/t22-;/m0./s1. The molecule has 0 unspecified atom stereocenters. The first-order chi connectivity index (χ1) is 15.1. The average molecular weight is 458 g/mol. The summed E-state index contributed by atoms with van der Waals surface area (Å²) in [5, 5.41) is 25.3. The van der Waals surface area contributed by atoms with Gasteiger partial charge < -0.3 is 25.6 Å². The van der Waals surface area contributed by atoms with Crippen molar-refractivity contribution in [3.63, 3.8) is 0 Å². The highest BCUT2D eigenvalue weighted by Gasteiger charge is 2.06. The maximum Gasteiger partial charge on any atom is 0.230 e. The van der Waals surface area contributed by atoms with Crippen molar-refractivity contribution in [2.45, 2.75) is 18.9 Å². The molecular formula is C24H28ClN3O4. The van der Waals surface area contributed by atoms with Crippen LogP contribution >= 0.6 is 12.4 Å². The molecule has 7 nitrogen and oxygen atoms in total. The number of hydrogen-bond acceptors (Lipinski definition) is 6. The van der Waals surface area contributed by atoms with Crippen LogP contribution in [0.5, 0.6) is 11.5 Å². The summed E-state index contributed by atoms with van der Waals surface area (Å²) in [5.41, 5.74) is 2.61. The Morgan fingerprint density at radius 3 is 2.47 bits per heavy atom. The summed E-state index contributed by atoms with van der Waals surface area (Å²) in [6, 6.07) is 19.6. The Morgan fingerprint density at radius 2 is 1.78 bits per heavy atom. The summed E-state index contributed by atoms with van der Waals surface area (Å²) in [7, 11) is 0. The Morgan fingerprint density at radius 1 is 1.03 bits per heavy atom. The SMILES string of the molecule is Cl.O=C(Cc1ccccn1)Nc1ccc(CCNC[C@H](O)COc2ccc(O)cc2)cc1. The molecule has 0 aliphatic rings. The molecular weight excluding hydrogens is 430 g/mol. The summed E-state index contributed by atoms with van der Waals surface area (Å²) in [5.74, 6) is 0.676. The molecule has 1 heterocycles. The Labute approximate surface area is 193 Å². The summed E-state index contributed by atoms with van der Waals surface area (Å²) in [6.07, 6.45) is 2.08. The number of aromatic hydroxyl groups is 1. The van der Waals surface area contributed by atoms with E-state index in [2.05, 4.69) is 15.6 Å². The fraction of sp³-hybridized carbons (Fsp3) is 0.250. The van der Waals surface area contributed by atoms with E-state index in [9.17, 15) is 15.0 Å². The van der Waals surface area contributed by atoms with Crippen LogP contribution in [-0.2, 0) is 17.6 Å². The number of carbonyl (C=O) groups is 1. The second-order valence-electron chi connectivity index (χ2n) is 7.16. The van der Waals surface area contributed by atoms with Gasteiger partial charge in [0.2, 0.25) is 5.91 Å². The summed E-state index contributed by atoms with van der Waals surface area (Å²) in [4.78, 5) is 16.3. The van der Waals surface area contributed by atoms with Crippen molar-refractivity contribution in [2.24, 2.45) is 0 Å². The average Bonchev–Trinajstić information content (AvgIpc) is 2.78. The molecule has 8 heteroatoms. The number of anilines is 1. The van der Waals surface area contributed by atoms with Gasteiger partial charge in [0.15, 0.2) is 0 Å². The minimum atomic E-state index is -0.634. The van der Waals surface area contributed by atoms with E-state index in [1.807, 2.05) is 42.5 Å². The van der Waals surface area contributed by atoms with Crippen molar-refractivity contribution >= 4 is 24.0 Å². The van der Waals surface area contributed by atoms with Gasteiger partial charge >= 0.3 is 0 Å². The minimum absolute atomic E-state index is 0. The lowest BCUT2D eigenvalue weighted by molar-refractivity contribution is -0.115. The van der Waals surface area contributed by atoms with E-state index < -0.39 is 6.10 Å². The van der Waals surface area contributed by atoms with E-state index in [0.717, 1.165) is 23.4 Å². The van der Waals surface area contributed by atoms with Gasteiger partial charge in [0.05, 0.1) is 6.42 Å². The van der Waals surface area contributed by atoms with Gasteiger partial charge in [-0.25, -0.2) is 0 Å². The van der Waals surface area contributed by atoms with Gasteiger partial charge in [0.1, 0.15) is 24.2 Å². The number of rotatable bonds is 11. The van der Waals surface area contributed by atoms with Gasteiger partial charge in [-0.2, -0.15) is 0 Å². The maximum absolute atomic E-state index is 12.1. The van der Waals surface area contributed by atoms with Crippen LogP contribution in [0.25, 0.3) is 0 Å². The number of aliphatic hydroxyl groups excluding tert-OH is 1. The molecule has 0 aliphatic heterocycles. The zero-order chi connectivity index (χ0) is 21.9. The Bertz CT molecular complexity index is 938. The van der Waals surface area contributed by atoms with E-state index in [1.165, 1.54) is 12.1 Å². The zero-order valence-corrected chi connectivity index (χ0v) is 18.4. The third-order valence-electron chi connectivity index (χ3n) is 4.56. The van der Waals surface area contributed by atoms with Gasteiger partial charge in [-0.15, -0.1) is 12.4 Å². The van der Waals surface area contributed by atoms with Gasteiger partial charge in [0.25, 0.3) is 0 Å². The van der Waals surface area contributed by atoms with E-state index >= 15 is 0 Å². The van der Waals surface area contributed by atoms with E-state index in [4.69, 9.17) is 4.74 Å². The van der Waals surface area contributed by atoms with Crippen molar-refractivity contribution in [2.75, 3.05) is 25.0 Å². The van der Waals surface area contributed by atoms with E-state index in [-0.39, 0.29) is 37.1 Å². The number of nitrogens with zero attached hydrogens (tertiary/aromatic N) is 1. The normalized spacial score (nSPS) is 11.3. The molecule has 0 saturated heterocycles. The molecule has 4 N–H and O–H groups in total. The van der Waals surface area contributed by atoms with E-state index in [1.54, 1.807) is 18.3 Å². The Kier molecular flexibility index (Phi) is 10.5. The number of hydrogen-bond donors (Lipinski definition) is 4. The number of aliphatic hydroxyl groups is 1. The zero-order valence-electron chi connectivity index (χ0n) is 17.6. The molecule has 0 radical (unpaired) electrons. The largest absolute Gasteiger partial charge is 0.508 e. The summed E-state index contributed by atoms with van der Waals surface area (Å²) in [6.45, 7) is 1.30. The number of phenolic OH excluding ortho intramolecular Hbond substituents is 1. The van der Waals surface area contributed by atoms with Gasteiger partial charge in [-0.05, 0) is 67.1 Å². The molecule has 2 aromatic carbocycles. The number of carbonyl (C=O) groups excluding carboxylic acids is 1. The van der Waals surface area contributed by atoms with Gasteiger partial charge in [-0.1, -0.05) is 18.2 Å². The quantitative estimate of drug-likeness (QED) is 0.330. The second kappa shape index (κ2) is 13.3. The Hall–Kier alpha value is -3.13. The van der Waals surface area contributed by atoms with Crippen LogP contribution < -0.4 is 15.4 Å². The van der Waals surface area contributed by atoms with Crippen LogP contribution in [-0.4, -0.2) is 46.9 Å². The van der Waals surface area contributed by atoms with Crippen molar-refractivity contribution in [1.29, 1.82) is 0 Å². The first-order valence-corrected chi connectivity index (χ1v) is 10.2. The molecule has 3 aromatic rings. The lowest BCUT2D eigenvalue weighted by atomic mass is 10.1. The molecule has 1 aromatic heterocycles. The monoisotopic (exact) mass is 457 g/mol. The number of nitrogens with one attached hydrogen (secondary N) is 2. The molecule has 1 atom stereocenters. The first-order valence-electron chi connectivity index (χ1n) is 10.2. The fourth-order valence-corrected chi connectivity index (χ4v) is 2.92. The molecule has 0 fully saturated rings. The number of ether oxygens (including phenoxy) is 1. The predicted molar refractivity (Wildman–Crippen MR) is 126 cm³/mol. The number of halogens is 1. The van der Waals surface area contributed by atoms with E-state index in [0.29, 0.717) is 18.8 Å². The lowest BCUT2D eigenvalue weighted by Gasteiger charge is -2.13. The molecule has 0 spiro atoms. The number of benzene rings is 2. The minimum Gasteiger partial charge on any atom is -0.508 e. The number of pyridine rings is 1. The summed E-state index contributed by atoms with van der Waals surface area (Å²) < 4.78 is 5.48. The second-order valence-corrected chi connectivity index (χ2v) is 7.16. The Balaban J connectivity index is 0.00000363. The highest BCUT2D eigenvalue weighted by atomic mass is 35.5. The van der Waals surface area contributed by atoms with Crippen LogP contribution in [0.15, 0.2) is 72.9 Å². The van der Waals surface area contributed by atoms with Crippen LogP contribution in [0, 0.1) is 0 Å². The van der Waals surface area contributed by atoms with Crippen LogP contribution in [0.1, 0.15) is 11.3 Å². The topological polar surface area (TPSA) is 104 Å². The van der Waals surface area contributed by atoms with Crippen LogP contribution in [0.4, 0.5) is 5.69 Å². The van der Waals surface area contributed by atoms with Crippen molar-refractivity contribution in [3.8, 4) is 11.5 Å². The molecule has 0 aliphatic carbocycles. The molecule has 170 valence electrons. The van der Waals surface area contributed by atoms with Gasteiger partial charge in [-0.3, -0.25) is 9.78 Å². The van der Waals surface area contributed by atoms with Crippen molar-refractivity contribution in [1.82, 2.24) is 10.3 Å². The molecule has 1 amide bonds. The fourth-order valence-electron chi connectivity index (χ4n) is 2.92. The predicted octanol–water partition coefficient (Wildman–Crippen LogP) is 2.96. The first kappa shape index (κ1) is 25.1. The number of amides is 1. The molecule has 0 bridgehead atoms. The summed E-state index contributed by atoms with van der Waals surface area (Å²) >= 11 is 0. The highest BCUT2D eigenvalue weighted by molar-refractivity contribution is 5.92. The third kappa shape index (κ3) is 8.93. The van der Waals surface area contributed by atoms with Crippen molar-refractivity contribution in [3.05, 3.63) is 84.2 Å². The number of aromatic nitrogens is 1. The number of phenols is 1. The van der Waals surface area contributed by atoms with Crippen LogP contribution in [0.2, 0.25) is 0 Å². The molecule has 0 saturated carbocycles. The lowest BCUT2D eigenvalue weighted by Crippen LogP contribution is -2.32. The van der Waals surface area contributed by atoms with Crippen LogP contribution in [0.3, 0.4) is 0 Å². The van der Waals surface area contributed by atoms with Crippen molar-refractivity contribution < 1.29 is 19.7 Å².